The Morgan fingerprint density at radius 1 is 0.680 bits per heavy atom. The second-order valence-corrected chi connectivity index (χ2v) is 5.31. The minimum absolute atomic E-state index is 0.0601. The Hall–Kier alpha value is -3.82. The zero-order valence-corrected chi connectivity index (χ0v) is 12.8. The lowest BCUT2D eigenvalue weighted by molar-refractivity contribution is 0.870. The summed E-state index contributed by atoms with van der Waals surface area (Å²) in [5, 5.41) is 0. The SMILES string of the molecule is Nc1[nH]c(=O)[nH]c(=O)c1C(c1ccccc1)c1c(N)[nH]c(=O)[nH]c1=O. The number of rotatable bonds is 3. The van der Waals surface area contributed by atoms with Crippen molar-refractivity contribution in [1.29, 1.82) is 0 Å². The third kappa shape index (κ3) is 2.87. The van der Waals surface area contributed by atoms with E-state index in [0.717, 1.165) is 0 Å². The van der Waals surface area contributed by atoms with E-state index in [1.807, 2.05) is 0 Å². The van der Waals surface area contributed by atoms with Gasteiger partial charge in [-0.1, -0.05) is 30.3 Å². The van der Waals surface area contributed by atoms with E-state index in [1.165, 1.54) is 0 Å². The summed E-state index contributed by atoms with van der Waals surface area (Å²) in [5.74, 6) is -1.40. The third-order valence-electron chi connectivity index (χ3n) is 3.73. The lowest BCUT2D eigenvalue weighted by Crippen LogP contribution is -2.34. The minimum atomic E-state index is -0.998. The summed E-state index contributed by atoms with van der Waals surface area (Å²) in [6.07, 6.45) is 0. The van der Waals surface area contributed by atoms with Gasteiger partial charge in [-0.2, -0.15) is 0 Å². The van der Waals surface area contributed by atoms with Crippen molar-refractivity contribution in [2.75, 3.05) is 11.5 Å². The molecule has 0 saturated heterocycles. The van der Waals surface area contributed by atoms with Crippen LogP contribution < -0.4 is 34.0 Å². The molecule has 0 spiro atoms. The summed E-state index contributed by atoms with van der Waals surface area (Å²) in [6, 6.07) is 8.49. The van der Waals surface area contributed by atoms with Crippen LogP contribution in [0.5, 0.6) is 0 Å². The number of benzene rings is 1. The van der Waals surface area contributed by atoms with E-state index in [2.05, 4.69) is 19.9 Å². The minimum Gasteiger partial charge on any atom is -0.385 e. The molecule has 8 N–H and O–H groups in total. The largest absolute Gasteiger partial charge is 0.385 e. The Bertz CT molecular complexity index is 1080. The number of nitrogen functional groups attached to an aromatic ring is 2. The monoisotopic (exact) mass is 342 g/mol. The normalized spacial score (nSPS) is 10.9. The van der Waals surface area contributed by atoms with Crippen LogP contribution in [-0.2, 0) is 0 Å². The van der Waals surface area contributed by atoms with Gasteiger partial charge in [0.05, 0.1) is 17.0 Å². The summed E-state index contributed by atoms with van der Waals surface area (Å²) in [7, 11) is 0. The van der Waals surface area contributed by atoms with E-state index in [1.54, 1.807) is 30.3 Å². The van der Waals surface area contributed by atoms with Gasteiger partial charge in [-0.25, -0.2) is 9.59 Å². The molecule has 0 aliphatic carbocycles. The van der Waals surface area contributed by atoms with E-state index in [9.17, 15) is 19.2 Å². The van der Waals surface area contributed by atoms with Crippen LogP contribution in [0.15, 0.2) is 49.5 Å². The Morgan fingerprint density at radius 2 is 1.12 bits per heavy atom. The lowest BCUT2D eigenvalue weighted by Gasteiger charge is -2.19. The number of hydrogen-bond acceptors (Lipinski definition) is 6. The first-order valence-electron chi connectivity index (χ1n) is 7.17. The maximum Gasteiger partial charge on any atom is 0.327 e. The Morgan fingerprint density at radius 3 is 1.52 bits per heavy atom. The molecule has 0 saturated carbocycles. The highest BCUT2D eigenvalue weighted by molar-refractivity contribution is 5.55. The molecule has 3 rings (SSSR count). The van der Waals surface area contributed by atoms with Crippen molar-refractivity contribution in [1.82, 2.24) is 19.9 Å². The van der Waals surface area contributed by atoms with Crippen LogP contribution in [0.25, 0.3) is 0 Å². The fraction of sp³-hybridized carbons (Fsp3) is 0.0667. The highest BCUT2D eigenvalue weighted by Gasteiger charge is 2.28. The first-order valence-corrected chi connectivity index (χ1v) is 7.17. The number of nitrogens with one attached hydrogen (secondary N) is 4. The number of aromatic amines is 4. The van der Waals surface area contributed by atoms with Crippen LogP contribution in [0.4, 0.5) is 11.6 Å². The van der Waals surface area contributed by atoms with Crippen molar-refractivity contribution in [3.63, 3.8) is 0 Å². The van der Waals surface area contributed by atoms with Gasteiger partial charge in [0.2, 0.25) is 0 Å². The second-order valence-electron chi connectivity index (χ2n) is 5.31. The zero-order valence-electron chi connectivity index (χ0n) is 12.8. The Labute approximate surface area is 138 Å². The lowest BCUT2D eigenvalue weighted by atomic mass is 9.86. The van der Waals surface area contributed by atoms with Crippen molar-refractivity contribution in [3.05, 3.63) is 88.7 Å². The van der Waals surface area contributed by atoms with Crippen LogP contribution in [0, 0.1) is 0 Å². The molecule has 0 radical (unpaired) electrons. The van der Waals surface area contributed by atoms with Crippen LogP contribution in [0.1, 0.15) is 22.6 Å². The smallest absolute Gasteiger partial charge is 0.327 e. The molecule has 0 unspecified atom stereocenters. The predicted octanol–water partition coefficient (Wildman–Crippen LogP) is -1.22. The predicted molar refractivity (Wildman–Crippen MR) is 91.6 cm³/mol. The second kappa shape index (κ2) is 6.00. The fourth-order valence-electron chi connectivity index (χ4n) is 2.72. The molecule has 0 bridgehead atoms. The molecule has 2 aromatic heterocycles. The van der Waals surface area contributed by atoms with Gasteiger partial charge in [-0.15, -0.1) is 0 Å². The molecule has 1 aromatic carbocycles. The van der Waals surface area contributed by atoms with Gasteiger partial charge >= 0.3 is 11.4 Å². The van der Waals surface area contributed by atoms with E-state index in [-0.39, 0.29) is 22.8 Å². The zero-order chi connectivity index (χ0) is 18.1. The Balaban J connectivity index is 2.42. The van der Waals surface area contributed by atoms with Gasteiger partial charge in [0.1, 0.15) is 11.6 Å². The van der Waals surface area contributed by atoms with Gasteiger partial charge in [0.25, 0.3) is 11.1 Å². The summed E-state index contributed by atoms with van der Waals surface area (Å²) in [4.78, 5) is 56.3. The van der Waals surface area contributed by atoms with Gasteiger partial charge in [0.15, 0.2) is 0 Å². The summed E-state index contributed by atoms with van der Waals surface area (Å²) in [6.45, 7) is 0. The molecule has 0 fully saturated rings. The molecule has 0 aliphatic heterocycles. The van der Waals surface area contributed by atoms with Crippen LogP contribution in [-0.4, -0.2) is 19.9 Å². The number of anilines is 2. The van der Waals surface area contributed by atoms with Gasteiger partial charge in [-0.3, -0.25) is 29.5 Å². The van der Waals surface area contributed by atoms with E-state index in [4.69, 9.17) is 11.5 Å². The first kappa shape index (κ1) is 16.1. The number of aromatic nitrogens is 4. The molecular weight excluding hydrogens is 328 g/mol. The van der Waals surface area contributed by atoms with Crippen molar-refractivity contribution in [2.24, 2.45) is 0 Å². The van der Waals surface area contributed by atoms with Crippen molar-refractivity contribution >= 4 is 11.6 Å². The molecule has 2 heterocycles. The standard InChI is InChI=1S/C15H14N6O4/c16-10-8(12(22)20-14(24)18-10)7(6-4-2-1-3-5-6)9-11(17)19-15(25)21-13(9)23/h1-5,7H,(H4,16,18,20,22,24)(H4,17,19,21,23,25). The summed E-state index contributed by atoms with van der Waals surface area (Å²) < 4.78 is 0. The van der Waals surface area contributed by atoms with Crippen molar-refractivity contribution < 1.29 is 0 Å². The van der Waals surface area contributed by atoms with Crippen LogP contribution in [0.2, 0.25) is 0 Å². The maximum atomic E-state index is 12.4. The number of H-pyrrole nitrogens is 4. The fourth-order valence-corrected chi connectivity index (χ4v) is 2.72. The van der Waals surface area contributed by atoms with Crippen LogP contribution >= 0.6 is 0 Å². The summed E-state index contributed by atoms with van der Waals surface area (Å²) in [5.41, 5.74) is 8.98. The quantitative estimate of drug-likeness (QED) is 0.346. The highest BCUT2D eigenvalue weighted by atomic mass is 16.2. The summed E-state index contributed by atoms with van der Waals surface area (Å²) >= 11 is 0. The van der Waals surface area contributed by atoms with E-state index < -0.39 is 28.4 Å². The average Bonchev–Trinajstić information content (AvgIpc) is 2.52. The maximum absolute atomic E-state index is 12.4. The van der Waals surface area contributed by atoms with Crippen LogP contribution in [0.3, 0.4) is 0 Å². The van der Waals surface area contributed by atoms with Gasteiger partial charge < -0.3 is 11.5 Å². The third-order valence-corrected chi connectivity index (χ3v) is 3.73. The molecular formula is C15H14N6O4. The molecule has 3 aromatic rings. The van der Waals surface area contributed by atoms with Gasteiger partial charge in [0, 0.05) is 0 Å². The number of hydrogen-bond donors (Lipinski definition) is 6. The highest BCUT2D eigenvalue weighted by Crippen LogP contribution is 2.31. The molecule has 0 aliphatic rings. The topological polar surface area (TPSA) is 183 Å². The molecule has 0 amide bonds. The number of nitrogens with two attached hydrogens (primary N) is 2. The molecule has 0 atom stereocenters. The van der Waals surface area contributed by atoms with Crippen molar-refractivity contribution in [2.45, 2.75) is 5.92 Å². The van der Waals surface area contributed by atoms with E-state index >= 15 is 0 Å². The first-order chi connectivity index (χ1) is 11.9. The molecule has 25 heavy (non-hydrogen) atoms. The molecule has 10 heteroatoms. The van der Waals surface area contributed by atoms with Crippen molar-refractivity contribution in [3.8, 4) is 0 Å². The average molecular weight is 342 g/mol. The van der Waals surface area contributed by atoms with E-state index in [0.29, 0.717) is 5.56 Å². The van der Waals surface area contributed by atoms with Gasteiger partial charge in [-0.05, 0) is 5.56 Å². The molecule has 10 nitrogen and oxygen atoms in total. The molecule has 128 valence electrons. The Kier molecular flexibility index (Phi) is 3.85.